The summed E-state index contributed by atoms with van der Waals surface area (Å²) in [6, 6.07) is -0.913. The van der Waals surface area contributed by atoms with E-state index in [0.717, 1.165) is 0 Å². The molecule has 5 heteroatoms. The van der Waals surface area contributed by atoms with E-state index in [1.54, 1.807) is 0 Å². The Morgan fingerprint density at radius 2 is 1.90 bits per heavy atom. The fourth-order valence-electron chi connectivity index (χ4n) is 0.832. The van der Waals surface area contributed by atoms with Crippen molar-refractivity contribution in [3.8, 4) is 0 Å². The maximum atomic E-state index is 9.00. The maximum Gasteiger partial charge on any atom is 0.172 e. The second kappa shape index (κ2) is 2.81. The first-order valence-electron chi connectivity index (χ1n) is 3.04. The molecule has 0 spiro atoms. The fourth-order valence-corrected chi connectivity index (χ4v) is 0.832. The fraction of sp³-hybridized carbons (Fsp3) is 1.00. The number of hydrogen-bond acceptors (Lipinski definition) is 5. The summed E-state index contributed by atoms with van der Waals surface area (Å²) >= 11 is 0. The Bertz CT molecular complexity index is 106. The summed E-state index contributed by atoms with van der Waals surface area (Å²) in [4.78, 5) is 0. The van der Waals surface area contributed by atoms with Gasteiger partial charge >= 0.3 is 0 Å². The van der Waals surface area contributed by atoms with Crippen LogP contribution in [0, 0.1) is 0 Å². The van der Waals surface area contributed by atoms with Crippen LogP contribution in [0.25, 0.3) is 0 Å². The van der Waals surface area contributed by atoms with E-state index in [4.69, 9.17) is 21.1 Å². The molecular weight excluding hydrogens is 138 g/mol. The Labute approximate surface area is 58.0 Å². The van der Waals surface area contributed by atoms with E-state index in [2.05, 4.69) is 4.74 Å². The number of aliphatic hydroxyl groups is 3. The van der Waals surface area contributed by atoms with Crippen LogP contribution in [0.5, 0.6) is 0 Å². The SMILES string of the molecule is N[C@H]1C(O)OC[C@H](O)[C@H]1O. The van der Waals surface area contributed by atoms with Crippen molar-refractivity contribution in [1.29, 1.82) is 0 Å². The topological polar surface area (TPSA) is 95.9 Å². The normalized spacial score (nSPS) is 49.2. The highest BCUT2D eigenvalue weighted by Crippen LogP contribution is 2.10. The van der Waals surface area contributed by atoms with Crippen LogP contribution in [-0.2, 0) is 4.74 Å². The third kappa shape index (κ3) is 1.28. The molecule has 10 heavy (non-hydrogen) atoms. The van der Waals surface area contributed by atoms with E-state index in [9.17, 15) is 0 Å². The van der Waals surface area contributed by atoms with Crippen LogP contribution in [0.3, 0.4) is 0 Å². The van der Waals surface area contributed by atoms with E-state index in [1.807, 2.05) is 0 Å². The lowest BCUT2D eigenvalue weighted by atomic mass is 10.0. The molecule has 0 aromatic heterocycles. The van der Waals surface area contributed by atoms with Gasteiger partial charge in [0.1, 0.15) is 12.2 Å². The minimum atomic E-state index is -1.17. The van der Waals surface area contributed by atoms with Gasteiger partial charge in [-0.25, -0.2) is 0 Å². The monoisotopic (exact) mass is 149 g/mol. The molecular formula is C5H11NO4. The summed E-state index contributed by atoms with van der Waals surface area (Å²) in [6.07, 6.45) is -3.25. The van der Waals surface area contributed by atoms with Gasteiger partial charge in [-0.05, 0) is 0 Å². The molecule has 4 atom stereocenters. The quantitative estimate of drug-likeness (QED) is 0.302. The van der Waals surface area contributed by atoms with Crippen molar-refractivity contribution >= 4 is 0 Å². The Morgan fingerprint density at radius 1 is 1.30 bits per heavy atom. The zero-order valence-corrected chi connectivity index (χ0v) is 5.34. The molecule has 0 saturated carbocycles. The smallest absolute Gasteiger partial charge is 0.172 e. The number of aliphatic hydroxyl groups excluding tert-OH is 3. The van der Waals surface area contributed by atoms with Crippen molar-refractivity contribution in [2.24, 2.45) is 5.73 Å². The summed E-state index contributed by atoms with van der Waals surface area (Å²) in [6.45, 7) is -0.0734. The van der Waals surface area contributed by atoms with Gasteiger partial charge in [-0.3, -0.25) is 0 Å². The molecule has 5 N–H and O–H groups in total. The van der Waals surface area contributed by atoms with Crippen LogP contribution in [0.15, 0.2) is 0 Å². The largest absolute Gasteiger partial charge is 0.389 e. The molecule has 0 amide bonds. The van der Waals surface area contributed by atoms with Crippen LogP contribution in [0.2, 0.25) is 0 Å². The Kier molecular flexibility index (Phi) is 2.22. The first kappa shape index (κ1) is 7.90. The second-order valence-corrected chi connectivity index (χ2v) is 2.36. The van der Waals surface area contributed by atoms with E-state index < -0.39 is 24.5 Å². The Morgan fingerprint density at radius 3 is 2.40 bits per heavy atom. The second-order valence-electron chi connectivity index (χ2n) is 2.36. The average molecular weight is 149 g/mol. The van der Waals surface area contributed by atoms with Gasteiger partial charge in [0, 0.05) is 0 Å². The van der Waals surface area contributed by atoms with Crippen molar-refractivity contribution in [2.75, 3.05) is 6.61 Å². The lowest BCUT2D eigenvalue weighted by molar-refractivity contribution is -0.205. The standard InChI is InChI=1S/C5H11NO4/c6-3-4(8)2(7)1-10-5(3)9/h2-5,7-9H,1,6H2/t2-,3+,4+,5?/m0/s1. The van der Waals surface area contributed by atoms with Gasteiger partial charge in [-0.15, -0.1) is 0 Å². The number of rotatable bonds is 0. The summed E-state index contributed by atoms with van der Waals surface area (Å²) in [7, 11) is 0. The molecule has 1 saturated heterocycles. The minimum Gasteiger partial charge on any atom is -0.389 e. The average Bonchev–Trinajstić information content (AvgIpc) is 1.93. The van der Waals surface area contributed by atoms with Crippen LogP contribution >= 0.6 is 0 Å². The molecule has 0 bridgehead atoms. The minimum absolute atomic E-state index is 0.0734. The summed E-state index contributed by atoms with van der Waals surface area (Å²) < 4.78 is 4.59. The van der Waals surface area contributed by atoms with Gasteiger partial charge < -0.3 is 25.8 Å². The number of nitrogens with two attached hydrogens (primary N) is 1. The molecule has 1 heterocycles. The summed E-state index contributed by atoms with van der Waals surface area (Å²) in [5, 5.41) is 26.7. The van der Waals surface area contributed by atoms with Crippen LogP contribution in [-0.4, -0.2) is 46.5 Å². The lowest BCUT2D eigenvalue weighted by Crippen LogP contribution is -2.57. The van der Waals surface area contributed by atoms with E-state index in [0.29, 0.717) is 0 Å². The van der Waals surface area contributed by atoms with Crippen molar-refractivity contribution in [3.63, 3.8) is 0 Å². The summed E-state index contributed by atoms with van der Waals surface area (Å²) in [5.41, 5.74) is 5.23. The Balaban J connectivity index is 2.52. The number of ether oxygens (including phenoxy) is 1. The maximum absolute atomic E-state index is 9.00. The zero-order valence-electron chi connectivity index (χ0n) is 5.34. The molecule has 1 rings (SSSR count). The van der Waals surface area contributed by atoms with E-state index >= 15 is 0 Å². The highest BCUT2D eigenvalue weighted by Gasteiger charge is 2.34. The molecule has 0 aromatic rings. The molecule has 1 fully saturated rings. The van der Waals surface area contributed by atoms with Gasteiger partial charge in [-0.1, -0.05) is 0 Å². The van der Waals surface area contributed by atoms with E-state index in [1.165, 1.54) is 0 Å². The van der Waals surface area contributed by atoms with Crippen LogP contribution < -0.4 is 5.73 Å². The highest BCUT2D eigenvalue weighted by atomic mass is 16.6. The van der Waals surface area contributed by atoms with Gasteiger partial charge in [0.2, 0.25) is 0 Å². The van der Waals surface area contributed by atoms with Gasteiger partial charge in [0.25, 0.3) is 0 Å². The molecule has 0 aliphatic carbocycles. The molecule has 1 aliphatic heterocycles. The van der Waals surface area contributed by atoms with E-state index in [-0.39, 0.29) is 6.61 Å². The first-order valence-corrected chi connectivity index (χ1v) is 3.04. The first-order chi connectivity index (χ1) is 4.63. The van der Waals surface area contributed by atoms with Gasteiger partial charge in [-0.2, -0.15) is 0 Å². The molecule has 1 aliphatic rings. The van der Waals surface area contributed by atoms with Crippen molar-refractivity contribution < 1.29 is 20.1 Å². The third-order valence-corrected chi connectivity index (χ3v) is 1.56. The Hall–Kier alpha value is -0.200. The molecule has 0 aromatic carbocycles. The molecule has 5 nitrogen and oxygen atoms in total. The molecule has 1 unspecified atom stereocenters. The predicted octanol–water partition coefficient (Wildman–Crippen LogP) is -2.62. The molecule has 60 valence electrons. The number of hydrogen-bond donors (Lipinski definition) is 4. The summed E-state index contributed by atoms with van der Waals surface area (Å²) in [5.74, 6) is 0. The van der Waals surface area contributed by atoms with Crippen molar-refractivity contribution in [1.82, 2.24) is 0 Å². The van der Waals surface area contributed by atoms with Crippen molar-refractivity contribution in [2.45, 2.75) is 24.5 Å². The van der Waals surface area contributed by atoms with Crippen LogP contribution in [0.1, 0.15) is 0 Å². The van der Waals surface area contributed by atoms with Gasteiger partial charge in [0.05, 0.1) is 12.6 Å². The highest BCUT2D eigenvalue weighted by molar-refractivity contribution is 4.84. The van der Waals surface area contributed by atoms with Crippen LogP contribution in [0.4, 0.5) is 0 Å². The molecule has 0 radical (unpaired) electrons. The van der Waals surface area contributed by atoms with Crippen molar-refractivity contribution in [3.05, 3.63) is 0 Å². The zero-order chi connectivity index (χ0) is 7.72. The lowest BCUT2D eigenvalue weighted by Gasteiger charge is -2.32. The third-order valence-electron chi connectivity index (χ3n) is 1.56. The van der Waals surface area contributed by atoms with Gasteiger partial charge in [0.15, 0.2) is 6.29 Å². The predicted molar refractivity (Wildman–Crippen MR) is 31.9 cm³/mol.